The molecule has 0 aliphatic heterocycles. The monoisotopic (exact) mass is 227 g/mol. The Morgan fingerprint density at radius 1 is 1.00 bits per heavy atom. The van der Waals surface area contributed by atoms with Crippen LogP contribution < -0.4 is 5.32 Å². The van der Waals surface area contributed by atoms with Crippen LogP contribution in [0.4, 0.5) is 5.69 Å². The summed E-state index contributed by atoms with van der Waals surface area (Å²) in [6.45, 7) is 0.671. The van der Waals surface area contributed by atoms with Gasteiger partial charge >= 0.3 is 0 Å². The Morgan fingerprint density at radius 3 is 2.71 bits per heavy atom. The summed E-state index contributed by atoms with van der Waals surface area (Å²) in [5, 5.41) is 14.1. The molecule has 3 rings (SSSR count). The van der Waals surface area contributed by atoms with E-state index in [4.69, 9.17) is 9.52 Å². The Morgan fingerprint density at radius 2 is 1.82 bits per heavy atom. The molecular weight excluding hydrogens is 214 g/mol. The molecule has 0 amide bonds. The van der Waals surface area contributed by atoms with E-state index in [0.717, 1.165) is 27.6 Å². The molecular formula is C14H13NO2. The van der Waals surface area contributed by atoms with Crippen molar-refractivity contribution in [2.24, 2.45) is 0 Å². The van der Waals surface area contributed by atoms with Gasteiger partial charge in [0.2, 0.25) is 0 Å². The molecule has 2 N–H and O–H groups in total. The van der Waals surface area contributed by atoms with E-state index in [1.54, 1.807) is 0 Å². The van der Waals surface area contributed by atoms with Gasteiger partial charge < -0.3 is 14.8 Å². The highest BCUT2D eigenvalue weighted by Crippen LogP contribution is 2.30. The second-order valence-electron chi connectivity index (χ2n) is 3.96. The lowest BCUT2D eigenvalue weighted by Crippen LogP contribution is -2.04. The molecule has 0 saturated carbocycles. The third kappa shape index (κ3) is 1.74. The largest absolute Gasteiger partial charge is 0.456 e. The molecule has 86 valence electrons. The summed E-state index contributed by atoms with van der Waals surface area (Å²) in [6, 6.07) is 14.0. The maximum Gasteiger partial charge on any atom is 0.137 e. The van der Waals surface area contributed by atoms with Crippen LogP contribution in [-0.2, 0) is 0 Å². The van der Waals surface area contributed by atoms with Gasteiger partial charge in [0.25, 0.3) is 0 Å². The van der Waals surface area contributed by atoms with Gasteiger partial charge in [-0.15, -0.1) is 0 Å². The average Bonchev–Trinajstić information content (AvgIpc) is 2.74. The number of aliphatic hydroxyl groups excluding tert-OH is 1. The van der Waals surface area contributed by atoms with Crippen molar-refractivity contribution < 1.29 is 9.52 Å². The minimum atomic E-state index is 0.123. The Bertz CT molecular complexity index is 657. The Labute approximate surface area is 98.7 Å². The lowest BCUT2D eigenvalue weighted by atomic mass is 10.1. The van der Waals surface area contributed by atoms with Crippen molar-refractivity contribution in [3.05, 3.63) is 42.5 Å². The van der Waals surface area contributed by atoms with Crippen LogP contribution in [0.25, 0.3) is 21.9 Å². The molecule has 17 heavy (non-hydrogen) atoms. The lowest BCUT2D eigenvalue weighted by Gasteiger charge is -2.02. The highest BCUT2D eigenvalue weighted by atomic mass is 16.3. The minimum Gasteiger partial charge on any atom is -0.456 e. The fourth-order valence-corrected chi connectivity index (χ4v) is 2.04. The zero-order valence-electron chi connectivity index (χ0n) is 9.31. The smallest absolute Gasteiger partial charge is 0.137 e. The number of fused-ring (bicyclic) bond motifs is 3. The molecule has 2 aromatic carbocycles. The summed E-state index contributed by atoms with van der Waals surface area (Å²) in [5.74, 6) is 0. The Kier molecular flexibility index (Phi) is 2.46. The van der Waals surface area contributed by atoms with Gasteiger partial charge in [0.1, 0.15) is 11.2 Å². The van der Waals surface area contributed by atoms with Crippen LogP contribution in [0, 0.1) is 0 Å². The SMILES string of the molecule is OCCNc1ccc2c(c1)oc1ccccc12. The van der Waals surface area contributed by atoms with Crippen LogP contribution in [0.2, 0.25) is 0 Å². The standard InChI is InChI=1S/C14H13NO2/c16-8-7-15-10-5-6-12-11-3-1-2-4-13(11)17-14(12)9-10/h1-6,9,15-16H,7-8H2. The van der Waals surface area contributed by atoms with Crippen LogP contribution in [0.5, 0.6) is 0 Å². The molecule has 0 saturated heterocycles. The molecule has 1 aromatic heterocycles. The van der Waals surface area contributed by atoms with Crippen molar-refractivity contribution in [3.63, 3.8) is 0 Å². The number of rotatable bonds is 3. The predicted octanol–water partition coefficient (Wildman–Crippen LogP) is 2.99. The van der Waals surface area contributed by atoms with E-state index in [9.17, 15) is 0 Å². The maximum absolute atomic E-state index is 8.77. The summed E-state index contributed by atoms with van der Waals surface area (Å²) in [4.78, 5) is 0. The molecule has 1 heterocycles. The number of hydrogen-bond acceptors (Lipinski definition) is 3. The molecule has 0 bridgehead atoms. The van der Waals surface area contributed by atoms with Crippen LogP contribution in [0.1, 0.15) is 0 Å². The molecule has 0 fully saturated rings. The van der Waals surface area contributed by atoms with Gasteiger partial charge in [-0.3, -0.25) is 0 Å². The molecule has 0 aliphatic carbocycles. The average molecular weight is 227 g/mol. The quantitative estimate of drug-likeness (QED) is 0.723. The lowest BCUT2D eigenvalue weighted by molar-refractivity contribution is 0.311. The Hall–Kier alpha value is -2.00. The second kappa shape index (κ2) is 4.11. The fraction of sp³-hybridized carbons (Fsp3) is 0.143. The van der Waals surface area contributed by atoms with Crippen LogP contribution in [0.15, 0.2) is 46.9 Å². The summed E-state index contributed by atoms with van der Waals surface area (Å²) in [7, 11) is 0. The highest BCUT2D eigenvalue weighted by molar-refractivity contribution is 6.05. The predicted molar refractivity (Wildman–Crippen MR) is 69.3 cm³/mol. The summed E-state index contributed by atoms with van der Waals surface area (Å²) in [6.07, 6.45) is 0. The van der Waals surface area contributed by atoms with Gasteiger partial charge in [0.15, 0.2) is 0 Å². The van der Waals surface area contributed by atoms with Gasteiger partial charge in [0.05, 0.1) is 6.61 Å². The first-order valence-electron chi connectivity index (χ1n) is 5.64. The van der Waals surface area contributed by atoms with Crippen molar-refractivity contribution in [1.82, 2.24) is 0 Å². The van der Waals surface area contributed by atoms with Gasteiger partial charge in [-0.05, 0) is 18.2 Å². The third-order valence-electron chi connectivity index (χ3n) is 2.82. The number of anilines is 1. The van der Waals surface area contributed by atoms with Gasteiger partial charge in [-0.25, -0.2) is 0 Å². The zero-order valence-corrected chi connectivity index (χ0v) is 9.31. The molecule has 0 unspecified atom stereocenters. The number of benzene rings is 2. The van der Waals surface area contributed by atoms with E-state index in [1.165, 1.54) is 0 Å². The molecule has 0 atom stereocenters. The number of hydrogen-bond donors (Lipinski definition) is 2. The van der Waals surface area contributed by atoms with Crippen LogP contribution in [0.3, 0.4) is 0 Å². The molecule has 3 nitrogen and oxygen atoms in total. The Balaban J connectivity index is 2.13. The van der Waals surface area contributed by atoms with Crippen molar-refractivity contribution in [2.45, 2.75) is 0 Å². The van der Waals surface area contributed by atoms with E-state index < -0.39 is 0 Å². The minimum absolute atomic E-state index is 0.123. The van der Waals surface area contributed by atoms with Gasteiger partial charge in [-0.1, -0.05) is 18.2 Å². The van der Waals surface area contributed by atoms with Gasteiger partial charge in [0, 0.05) is 29.1 Å². The van der Waals surface area contributed by atoms with Crippen molar-refractivity contribution in [2.75, 3.05) is 18.5 Å². The van der Waals surface area contributed by atoms with Crippen molar-refractivity contribution in [3.8, 4) is 0 Å². The fourth-order valence-electron chi connectivity index (χ4n) is 2.04. The molecule has 3 aromatic rings. The maximum atomic E-state index is 8.77. The first-order valence-corrected chi connectivity index (χ1v) is 5.64. The van der Waals surface area contributed by atoms with Crippen LogP contribution >= 0.6 is 0 Å². The highest BCUT2D eigenvalue weighted by Gasteiger charge is 2.06. The topological polar surface area (TPSA) is 45.4 Å². The normalized spacial score (nSPS) is 11.1. The van der Waals surface area contributed by atoms with E-state index in [1.807, 2.05) is 36.4 Å². The van der Waals surface area contributed by atoms with Crippen LogP contribution in [-0.4, -0.2) is 18.3 Å². The molecule has 3 heteroatoms. The number of furan rings is 1. The first kappa shape index (κ1) is 10.2. The summed E-state index contributed by atoms with van der Waals surface area (Å²) in [5.41, 5.74) is 2.74. The molecule has 0 aliphatic rings. The van der Waals surface area contributed by atoms with E-state index in [2.05, 4.69) is 11.4 Å². The number of para-hydroxylation sites is 1. The number of aliphatic hydroxyl groups is 1. The van der Waals surface area contributed by atoms with Gasteiger partial charge in [-0.2, -0.15) is 0 Å². The summed E-state index contributed by atoms with van der Waals surface area (Å²) >= 11 is 0. The molecule has 0 spiro atoms. The summed E-state index contributed by atoms with van der Waals surface area (Å²) < 4.78 is 5.77. The van der Waals surface area contributed by atoms with E-state index >= 15 is 0 Å². The van der Waals surface area contributed by atoms with Crippen molar-refractivity contribution >= 4 is 27.6 Å². The zero-order chi connectivity index (χ0) is 11.7. The molecule has 0 radical (unpaired) electrons. The van der Waals surface area contributed by atoms with Crippen molar-refractivity contribution in [1.29, 1.82) is 0 Å². The number of nitrogens with one attached hydrogen (secondary N) is 1. The third-order valence-corrected chi connectivity index (χ3v) is 2.82. The first-order chi connectivity index (χ1) is 8.38. The second-order valence-corrected chi connectivity index (χ2v) is 3.96. The van der Waals surface area contributed by atoms with E-state index in [-0.39, 0.29) is 6.61 Å². The van der Waals surface area contributed by atoms with E-state index in [0.29, 0.717) is 6.54 Å².